The van der Waals surface area contributed by atoms with Crippen LogP contribution in [0.3, 0.4) is 0 Å². The molecule has 1 aliphatic carbocycles. The Bertz CT molecular complexity index is 307. The van der Waals surface area contributed by atoms with Crippen LogP contribution in [0, 0.1) is 5.92 Å². The van der Waals surface area contributed by atoms with Crippen LogP contribution >= 0.6 is 0 Å². The molecule has 1 amide bonds. The first-order valence-electron chi connectivity index (χ1n) is 6.51. The van der Waals surface area contributed by atoms with Gasteiger partial charge in [0, 0.05) is 12.6 Å². The second-order valence-electron chi connectivity index (χ2n) is 4.98. The first kappa shape index (κ1) is 13.3. The molecular formula is C12H20N2O4. The van der Waals surface area contributed by atoms with Gasteiger partial charge in [-0.2, -0.15) is 0 Å². The number of morpholine rings is 1. The van der Waals surface area contributed by atoms with Crippen molar-refractivity contribution in [2.75, 3.05) is 19.8 Å². The van der Waals surface area contributed by atoms with Crippen LogP contribution in [0.1, 0.15) is 25.7 Å². The largest absolute Gasteiger partial charge is 0.481 e. The minimum absolute atomic E-state index is 0.0338. The summed E-state index contributed by atoms with van der Waals surface area (Å²) >= 11 is 0. The Morgan fingerprint density at radius 3 is 2.50 bits per heavy atom. The van der Waals surface area contributed by atoms with E-state index >= 15 is 0 Å². The SMILES string of the molecule is O=C(O)C1CCC(NC(=O)C2COCCN2)CC1. The standard InChI is InChI=1S/C12H20N2O4/c15-11(10-7-18-6-5-13-10)14-9-3-1-8(2-4-9)12(16)17/h8-10,13H,1-7H2,(H,14,15)(H,16,17). The summed E-state index contributed by atoms with van der Waals surface area (Å²) in [6.45, 7) is 1.76. The van der Waals surface area contributed by atoms with Crippen molar-refractivity contribution in [1.29, 1.82) is 0 Å². The fraction of sp³-hybridized carbons (Fsp3) is 0.833. The van der Waals surface area contributed by atoms with Crippen LogP contribution in [0.4, 0.5) is 0 Å². The number of carboxylic acids is 1. The molecule has 0 aromatic carbocycles. The van der Waals surface area contributed by atoms with Crippen LogP contribution in [-0.2, 0) is 14.3 Å². The van der Waals surface area contributed by atoms with E-state index in [1.165, 1.54) is 0 Å². The van der Waals surface area contributed by atoms with Crippen molar-refractivity contribution in [3.8, 4) is 0 Å². The van der Waals surface area contributed by atoms with Crippen molar-refractivity contribution in [2.24, 2.45) is 5.92 Å². The van der Waals surface area contributed by atoms with Crippen molar-refractivity contribution < 1.29 is 19.4 Å². The number of carbonyl (C=O) groups is 2. The number of carbonyl (C=O) groups excluding carboxylic acids is 1. The van der Waals surface area contributed by atoms with E-state index in [2.05, 4.69) is 10.6 Å². The van der Waals surface area contributed by atoms with E-state index in [0.717, 1.165) is 12.8 Å². The van der Waals surface area contributed by atoms with E-state index in [1.54, 1.807) is 0 Å². The number of rotatable bonds is 3. The summed E-state index contributed by atoms with van der Waals surface area (Å²) in [5, 5.41) is 15.0. The molecule has 1 saturated heterocycles. The normalized spacial score (nSPS) is 32.8. The third-order valence-corrected chi connectivity index (χ3v) is 3.66. The van der Waals surface area contributed by atoms with Crippen molar-refractivity contribution in [3.63, 3.8) is 0 Å². The molecule has 2 rings (SSSR count). The molecule has 1 aliphatic heterocycles. The Balaban J connectivity index is 1.73. The number of nitrogens with one attached hydrogen (secondary N) is 2. The molecule has 0 aromatic rings. The number of hydrogen-bond donors (Lipinski definition) is 3. The Morgan fingerprint density at radius 2 is 1.94 bits per heavy atom. The molecule has 102 valence electrons. The van der Waals surface area contributed by atoms with Gasteiger partial charge in [-0.3, -0.25) is 9.59 Å². The van der Waals surface area contributed by atoms with Gasteiger partial charge in [0.2, 0.25) is 5.91 Å². The number of ether oxygens (including phenoxy) is 1. The lowest BCUT2D eigenvalue weighted by Gasteiger charge is -2.29. The van der Waals surface area contributed by atoms with Crippen LogP contribution in [0.25, 0.3) is 0 Å². The second kappa shape index (κ2) is 6.15. The van der Waals surface area contributed by atoms with Crippen molar-refractivity contribution in [2.45, 2.75) is 37.8 Å². The second-order valence-corrected chi connectivity index (χ2v) is 4.98. The third-order valence-electron chi connectivity index (χ3n) is 3.66. The highest BCUT2D eigenvalue weighted by Crippen LogP contribution is 2.24. The lowest BCUT2D eigenvalue weighted by molar-refractivity contribution is -0.142. The summed E-state index contributed by atoms with van der Waals surface area (Å²) in [7, 11) is 0. The van der Waals surface area contributed by atoms with Crippen molar-refractivity contribution in [3.05, 3.63) is 0 Å². The smallest absolute Gasteiger partial charge is 0.306 e. The molecule has 0 spiro atoms. The molecule has 1 atom stereocenters. The molecule has 1 unspecified atom stereocenters. The maximum Gasteiger partial charge on any atom is 0.306 e. The summed E-state index contributed by atoms with van der Waals surface area (Å²) in [6, 6.07) is -0.159. The topological polar surface area (TPSA) is 87.7 Å². The van der Waals surface area contributed by atoms with Gasteiger partial charge in [-0.15, -0.1) is 0 Å². The fourth-order valence-electron chi connectivity index (χ4n) is 2.52. The number of carboxylic acid groups (broad SMARTS) is 1. The molecule has 2 fully saturated rings. The molecule has 1 saturated carbocycles. The summed E-state index contributed by atoms with van der Waals surface area (Å²) in [4.78, 5) is 22.7. The van der Waals surface area contributed by atoms with Gasteiger partial charge >= 0.3 is 5.97 Å². The van der Waals surface area contributed by atoms with E-state index in [4.69, 9.17) is 9.84 Å². The van der Waals surface area contributed by atoms with Crippen molar-refractivity contribution in [1.82, 2.24) is 10.6 Å². The molecule has 6 heteroatoms. The van der Waals surface area contributed by atoms with Crippen LogP contribution in [0.2, 0.25) is 0 Å². The van der Waals surface area contributed by atoms with Crippen LogP contribution < -0.4 is 10.6 Å². The van der Waals surface area contributed by atoms with E-state index < -0.39 is 5.97 Å². The predicted molar refractivity (Wildman–Crippen MR) is 64.1 cm³/mol. The van der Waals surface area contributed by atoms with Crippen LogP contribution in [-0.4, -0.2) is 48.8 Å². The van der Waals surface area contributed by atoms with Gasteiger partial charge in [0.1, 0.15) is 6.04 Å². The Labute approximate surface area is 106 Å². The Morgan fingerprint density at radius 1 is 1.22 bits per heavy atom. The number of amides is 1. The molecule has 0 radical (unpaired) electrons. The number of hydrogen-bond acceptors (Lipinski definition) is 4. The van der Waals surface area contributed by atoms with E-state index in [9.17, 15) is 9.59 Å². The molecular weight excluding hydrogens is 236 g/mol. The summed E-state index contributed by atoms with van der Waals surface area (Å²) in [6.07, 6.45) is 2.79. The van der Waals surface area contributed by atoms with Crippen LogP contribution in [0.5, 0.6) is 0 Å². The van der Waals surface area contributed by atoms with Crippen LogP contribution in [0.15, 0.2) is 0 Å². The quantitative estimate of drug-likeness (QED) is 0.647. The molecule has 1 heterocycles. The van der Waals surface area contributed by atoms with Gasteiger partial charge in [0.05, 0.1) is 19.1 Å². The van der Waals surface area contributed by atoms with E-state index in [-0.39, 0.29) is 23.9 Å². The highest BCUT2D eigenvalue weighted by Gasteiger charge is 2.29. The Kier molecular flexibility index (Phi) is 4.54. The number of aliphatic carboxylic acids is 1. The minimum atomic E-state index is -0.720. The lowest BCUT2D eigenvalue weighted by atomic mass is 9.86. The highest BCUT2D eigenvalue weighted by atomic mass is 16.5. The maximum absolute atomic E-state index is 11.9. The van der Waals surface area contributed by atoms with Gasteiger partial charge in [-0.05, 0) is 25.7 Å². The molecule has 2 aliphatic rings. The monoisotopic (exact) mass is 256 g/mol. The van der Waals surface area contributed by atoms with Gasteiger partial charge in [0.25, 0.3) is 0 Å². The zero-order chi connectivity index (χ0) is 13.0. The zero-order valence-electron chi connectivity index (χ0n) is 10.4. The zero-order valence-corrected chi connectivity index (χ0v) is 10.4. The van der Waals surface area contributed by atoms with Gasteiger partial charge < -0.3 is 20.5 Å². The molecule has 0 aromatic heterocycles. The van der Waals surface area contributed by atoms with E-state index in [0.29, 0.717) is 32.6 Å². The molecule has 3 N–H and O–H groups in total. The molecule has 0 bridgehead atoms. The molecule has 18 heavy (non-hydrogen) atoms. The van der Waals surface area contributed by atoms with Gasteiger partial charge in [-0.1, -0.05) is 0 Å². The first-order valence-corrected chi connectivity index (χ1v) is 6.51. The van der Waals surface area contributed by atoms with Gasteiger partial charge in [0.15, 0.2) is 0 Å². The summed E-state index contributed by atoms with van der Waals surface area (Å²) < 4.78 is 5.24. The minimum Gasteiger partial charge on any atom is -0.481 e. The predicted octanol–water partition coefficient (Wildman–Crippen LogP) is -0.266. The lowest BCUT2D eigenvalue weighted by Crippen LogP contribution is -2.53. The Hall–Kier alpha value is -1.14. The third kappa shape index (κ3) is 3.43. The maximum atomic E-state index is 11.9. The van der Waals surface area contributed by atoms with Gasteiger partial charge in [-0.25, -0.2) is 0 Å². The first-order chi connectivity index (χ1) is 8.66. The molecule has 6 nitrogen and oxygen atoms in total. The summed E-state index contributed by atoms with van der Waals surface area (Å²) in [5.74, 6) is -0.995. The average molecular weight is 256 g/mol. The van der Waals surface area contributed by atoms with E-state index in [1.807, 2.05) is 0 Å². The highest BCUT2D eigenvalue weighted by molar-refractivity contribution is 5.82. The summed E-state index contributed by atoms with van der Waals surface area (Å²) in [5.41, 5.74) is 0. The fourth-order valence-corrected chi connectivity index (χ4v) is 2.52. The average Bonchev–Trinajstić information content (AvgIpc) is 2.40. The van der Waals surface area contributed by atoms with Crippen molar-refractivity contribution >= 4 is 11.9 Å².